The molecule has 0 heterocycles. The van der Waals surface area contributed by atoms with Crippen molar-refractivity contribution < 1.29 is 29.4 Å². The molecule has 0 aromatic carbocycles. The zero-order valence-electron chi connectivity index (χ0n) is 26.9. The molecule has 0 rings (SSSR count). The molecule has 0 unspecified atom stereocenters. The number of hydrogen-bond acceptors (Lipinski definition) is 4. The quantitative estimate of drug-likeness (QED) is 0.0484. The van der Waals surface area contributed by atoms with E-state index in [1.165, 1.54) is 84.1 Å². The lowest BCUT2D eigenvalue weighted by molar-refractivity contribution is -0.141. The summed E-state index contributed by atoms with van der Waals surface area (Å²) in [5.74, 6) is -2.54. The second-order valence-corrected chi connectivity index (χ2v) is 10.8. The third-order valence-electron chi connectivity index (χ3n) is 6.55. The number of carboxylic acid groups (broad SMARTS) is 2. The summed E-state index contributed by atoms with van der Waals surface area (Å²) < 4.78 is 0. The molecule has 0 saturated heterocycles. The smallest absolute Gasteiger partial charge is 0.325 e. The Morgan fingerprint density at radius 1 is 0.548 bits per heavy atom. The van der Waals surface area contributed by atoms with Crippen LogP contribution in [0.25, 0.3) is 0 Å². The van der Waals surface area contributed by atoms with Crippen molar-refractivity contribution in [3.8, 4) is 0 Å². The van der Waals surface area contributed by atoms with Crippen molar-refractivity contribution in [3.05, 3.63) is 36.5 Å². The van der Waals surface area contributed by atoms with Gasteiger partial charge in [-0.05, 0) is 77.7 Å². The van der Waals surface area contributed by atoms with Crippen molar-refractivity contribution in [1.29, 1.82) is 0 Å². The second-order valence-electron chi connectivity index (χ2n) is 10.8. The van der Waals surface area contributed by atoms with E-state index in [0.717, 1.165) is 44.9 Å². The molecule has 0 fully saturated rings. The summed E-state index contributed by atoms with van der Waals surface area (Å²) in [7, 11) is 0. The number of aliphatic carboxylic acids is 2. The first-order chi connectivity index (χ1) is 20.1. The minimum absolute atomic E-state index is 0.161. The van der Waals surface area contributed by atoms with Crippen molar-refractivity contribution in [3.63, 3.8) is 0 Å². The number of rotatable bonds is 25. The van der Waals surface area contributed by atoms with E-state index in [1.54, 1.807) is 6.08 Å². The molecule has 0 radical (unpaired) electrons. The van der Waals surface area contributed by atoms with E-state index in [0.29, 0.717) is 6.42 Å². The van der Waals surface area contributed by atoms with Crippen LogP contribution >= 0.6 is 0 Å². The average molecular weight is 593 g/mol. The highest BCUT2D eigenvalue weighted by Crippen LogP contribution is 2.09. The second kappa shape index (κ2) is 31.0. The van der Waals surface area contributed by atoms with E-state index in [2.05, 4.69) is 48.8 Å². The van der Waals surface area contributed by atoms with Gasteiger partial charge in [-0.15, -0.1) is 0 Å². The van der Waals surface area contributed by atoms with Crippen LogP contribution in [0.2, 0.25) is 0 Å². The predicted octanol–water partition coefficient (Wildman–Crippen LogP) is 7.88. The highest BCUT2D eigenvalue weighted by molar-refractivity contribution is 5.90. The Morgan fingerprint density at radius 3 is 1.50 bits per heavy atom. The van der Waals surface area contributed by atoms with Gasteiger partial charge in [-0.25, -0.2) is 0 Å². The summed E-state index contributed by atoms with van der Waals surface area (Å²) in [6.45, 7) is 7.34. The summed E-state index contributed by atoms with van der Waals surface area (Å²) in [6.07, 6.45) is 32.2. The zero-order chi connectivity index (χ0) is 31.8. The van der Waals surface area contributed by atoms with E-state index in [4.69, 9.17) is 10.2 Å². The number of carboxylic acids is 2. The SMILES string of the molecule is CCCCC/C=C\CC/C=C/C(=O)N[C@@H](C)C(=O)O.CCCCCC/C=C\CCCCCCCC(=O)N[C@@H](C)C(=O)O. The standard InChI is InChI=1S/C19H35NO3.C15H25NO3/c1-3-4-5-6-7-8-9-10-11-12-13-14-15-16-18(21)20-17(2)19(22)23;1-3-4-5-6-7-8-9-10-11-12-14(17)16-13(2)15(18)19/h8-9,17H,3-7,10-16H2,1-2H3,(H,20,21)(H,22,23);7-8,11-13H,3-6,9-10H2,1-2H3,(H,16,17)(H,18,19)/b9-8-;8-7-,12-11+/t17-;13-/m00/s1. The number of allylic oxidation sites excluding steroid dienone is 5. The molecule has 0 saturated carbocycles. The summed E-state index contributed by atoms with van der Waals surface area (Å²) in [5, 5.41) is 22.1. The summed E-state index contributed by atoms with van der Waals surface area (Å²) in [6, 6.07) is -1.65. The highest BCUT2D eigenvalue weighted by atomic mass is 16.4. The number of hydrogen-bond donors (Lipinski definition) is 4. The van der Waals surface area contributed by atoms with Gasteiger partial charge in [0.2, 0.25) is 11.8 Å². The lowest BCUT2D eigenvalue weighted by atomic mass is 10.1. The normalized spacial score (nSPS) is 12.7. The first kappa shape index (κ1) is 41.2. The summed E-state index contributed by atoms with van der Waals surface area (Å²) in [5.41, 5.74) is 0. The molecule has 0 bridgehead atoms. The van der Waals surface area contributed by atoms with Crippen molar-refractivity contribution in [2.45, 2.75) is 155 Å². The van der Waals surface area contributed by atoms with Crippen LogP contribution in [-0.4, -0.2) is 46.0 Å². The molecule has 4 N–H and O–H groups in total. The van der Waals surface area contributed by atoms with Gasteiger partial charge in [0, 0.05) is 6.42 Å². The van der Waals surface area contributed by atoms with Crippen LogP contribution in [0.1, 0.15) is 143 Å². The number of nitrogens with one attached hydrogen (secondary N) is 2. The molecule has 0 aliphatic carbocycles. The molecule has 0 aliphatic heterocycles. The fourth-order valence-corrected chi connectivity index (χ4v) is 3.83. The van der Waals surface area contributed by atoms with E-state index >= 15 is 0 Å². The molecule has 242 valence electrons. The van der Waals surface area contributed by atoms with Gasteiger partial charge in [-0.1, -0.05) is 95.6 Å². The van der Waals surface area contributed by atoms with Crippen molar-refractivity contribution in [1.82, 2.24) is 10.6 Å². The Kier molecular flexibility index (Phi) is 30.5. The van der Waals surface area contributed by atoms with Gasteiger partial charge < -0.3 is 20.8 Å². The molecule has 0 aliphatic rings. The molecule has 0 aromatic heterocycles. The fraction of sp³-hybridized carbons (Fsp3) is 0.706. The van der Waals surface area contributed by atoms with Crippen molar-refractivity contribution >= 4 is 23.8 Å². The molecule has 0 aromatic rings. The third kappa shape index (κ3) is 31.6. The summed E-state index contributed by atoms with van der Waals surface area (Å²) in [4.78, 5) is 43.9. The van der Waals surface area contributed by atoms with Crippen molar-refractivity contribution in [2.24, 2.45) is 0 Å². The molecular formula is C34H60N2O6. The van der Waals surface area contributed by atoms with Crippen LogP contribution in [0.3, 0.4) is 0 Å². The lowest BCUT2D eigenvalue weighted by Crippen LogP contribution is -2.38. The third-order valence-corrected chi connectivity index (χ3v) is 6.55. The Hall–Kier alpha value is -2.90. The first-order valence-electron chi connectivity index (χ1n) is 16.2. The minimum atomic E-state index is -1.03. The summed E-state index contributed by atoms with van der Waals surface area (Å²) >= 11 is 0. The Bertz CT molecular complexity index is 791. The van der Waals surface area contributed by atoms with Crippen LogP contribution in [0.4, 0.5) is 0 Å². The maximum Gasteiger partial charge on any atom is 0.325 e. The number of carbonyl (C=O) groups is 4. The van der Waals surface area contributed by atoms with E-state index in [1.807, 2.05) is 0 Å². The van der Waals surface area contributed by atoms with Gasteiger partial charge in [-0.3, -0.25) is 19.2 Å². The molecule has 42 heavy (non-hydrogen) atoms. The lowest BCUT2D eigenvalue weighted by Gasteiger charge is -2.08. The van der Waals surface area contributed by atoms with Crippen LogP contribution in [-0.2, 0) is 19.2 Å². The number of unbranched alkanes of at least 4 members (excludes halogenated alkanes) is 13. The van der Waals surface area contributed by atoms with Gasteiger partial charge in [-0.2, -0.15) is 0 Å². The van der Waals surface area contributed by atoms with Crippen molar-refractivity contribution in [2.75, 3.05) is 0 Å². The molecule has 8 heteroatoms. The predicted molar refractivity (Wildman–Crippen MR) is 172 cm³/mol. The van der Waals surface area contributed by atoms with E-state index in [-0.39, 0.29) is 11.8 Å². The fourth-order valence-electron chi connectivity index (χ4n) is 3.83. The monoisotopic (exact) mass is 592 g/mol. The van der Waals surface area contributed by atoms with Crippen LogP contribution in [0.15, 0.2) is 36.5 Å². The van der Waals surface area contributed by atoms with Gasteiger partial charge in [0.1, 0.15) is 12.1 Å². The molecular weight excluding hydrogens is 532 g/mol. The van der Waals surface area contributed by atoms with Gasteiger partial charge in [0.05, 0.1) is 0 Å². The Balaban J connectivity index is 0. The Morgan fingerprint density at radius 2 is 0.952 bits per heavy atom. The van der Waals surface area contributed by atoms with Gasteiger partial charge >= 0.3 is 11.9 Å². The topological polar surface area (TPSA) is 133 Å². The van der Waals surface area contributed by atoms with Crippen LogP contribution in [0, 0.1) is 0 Å². The molecule has 0 spiro atoms. The molecule has 2 atom stereocenters. The minimum Gasteiger partial charge on any atom is -0.480 e. The van der Waals surface area contributed by atoms with Gasteiger partial charge in [0.25, 0.3) is 0 Å². The Labute approximate surface area is 255 Å². The number of carbonyl (C=O) groups excluding carboxylic acids is 2. The first-order valence-corrected chi connectivity index (χ1v) is 16.2. The highest BCUT2D eigenvalue weighted by Gasteiger charge is 2.13. The zero-order valence-corrected chi connectivity index (χ0v) is 26.9. The van der Waals surface area contributed by atoms with Crippen LogP contribution < -0.4 is 10.6 Å². The van der Waals surface area contributed by atoms with Gasteiger partial charge in [0.15, 0.2) is 0 Å². The number of amides is 2. The average Bonchev–Trinajstić information content (AvgIpc) is 2.94. The van der Waals surface area contributed by atoms with Crippen LogP contribution in [0.5, 0.6) is 0 Å². The van der Waals surface area contributed by atoms with E-state index < -0.39 is 24.0 Å². The maximum absolute atomic E-state index is 11.5. The van der Waals surface area contributed by atoms with E-state index in [9.17, 15) is 19.2 Å². The molecule has 2 amide bonds. The molecule has 8 nitrogen and oxygen atoms in total. The maximum atomic E-state index is 11.5. The largest absolute Gasteiger partial charge is 0.480 e.